The molecule has 0 unspecified atom stereocenters. The quantitative estimate of drug-likeness (QED) is 0.171. The Morgan fingerprint density at radius 1 is 0.917 bits per heavy atom. The molecule has 0 aliphatic carbocycles. The summed E-state index contributed by atoms with van der Waals surface area (Å²) in [7, 11) is 5.71. The zero-order chi connectivity index (χ0) is 34.6. The molecule has 2 aromatic heterocycles. The molecule has 0 saturated carbocycles. The molecule has 3 N–H and O–H groups in total. The molecule has 48 heavy (non-hydrogen) atoms. The van der Waals surface area contributed by atoms with Gasteiger partial charge in [-0.3, -0.25) is 10.6 Å². The molecule has 1 aliphatic heterocycles. The fourth-order valence-corrected chi connectivity index (χ4v) is 5.58. The number of nitrogens with one attached hydrogen (secondary N) is 3. The molecule has 5 rings (SSSR count). The smallest absolute Gasteiger partial charge is 0.324 e. The van der Waals surface area contributed by atoms with Gasteiger partial charge in [-0.05, 0) is 69.4 Å². The number of urea groups is 2. The van der Waals surface area contributed by atoms with Gasteiger partial charge >= 0.3 is 12.1 Å². The Balaban J connectivity index is 1.25. The summed E-state index contributed by atoms with van der Waals surface area (Å²) >= 11 is 13.2. The predicted molar refractivity (Wildman–Crippen MR) is 190 cm³/mol. The number of pyridine rings is 1. The number of hydrogen-bond donors (Lipinski definition) is 3. The van der Waals surface area contributed by atoms with Gasteiger partial charge in [0.25, 0.3) is 0 Å². The van der Waals surface area contributed by atoms with E-state index in [2.05, 4.69) is 39.9 Å². The molecule has 0 bridgehead atoms. The minimum Gasteiger partial charge on any atom is -0.497 e. The van der Waals surface area contributed by atoms with E-state index in [0.29, 0.717) is 42.3 Å². The minimum atomic E-state index is -0.544. The topological polar surface area (TPSA) is 126 Å². The summed E-state index contributed by atoms with van der Waals surface area (Å²) in [6.45, 7) is 7.47. The number of aromatic nitrogens is 3. The highest BCUT2D eigenvalue weighted by Gasteiger charge is 2.25. The maximum atomic E-state index is 13.2. The van der Waals surface area contributed by atoms with Crippen LogP contribution in [0.1, 0.15) is 39.3 Å². The van der Waals surface area contributed by atoms with Gasteiger partial charge in [0.15, 0.2) is 0 Å². The summed E-state index contributed by atoms with van der Waals surface area (Å²) in [6, 6.07) is 15.3. The SMILES string of the molecule is COc1ccc(-n2nc(C(C)(C)C)cc2NC(=O)Nc2ccc(Oc3ccnc(NC(=O)N4CCC(N(C)C)CC4)c3)c(Cl)c2Cl)cc1. The Morgan fingerprint density at radius 2 is 1.62 bits per heavy atom. The number of amides is 4. The second kappa shape index (κ2) is 14.7. The molecule has 254 valence electrons. The van der Waals surface area contributed by atoms with Crippen molar-refractivity contribution >= 4 is 52.6 Å². The summed E-state index contributed by atoms with van der Waals surface area (Å²) in [4.78, 5) is 34.3. The van der Waals surface area contributed by atoms with Crippen molar-refractivity contribution in [3.8, 4) is 22.9 Å². The van der Waals surface area contributed by atoms with E-state index in [1.165, 1.54) is 6.20 Å². The van der Waals surface area contributed by atoms with Gasteiger partial charge in [0.05, 0.1) is 29.2 Å². The van der Waals surface area contributed by atoms with Crippen molar-refractivity contribution < 1.29 is 19.1 Å². The van der Waals surface area contributed by atoms with Crippen molar-refractivity contribution in [1.82, 2.24) is 24.6 Å². The number of likely N-dealkylation sites (tertiary alicyclic amines) is 1. The summed E-state index contributed by atoms with van der Waals surface area (Å²) in [5.74, 6) is 2.16. The number of anilines is 3. The van der Waals surface area contributed by atoms with E-state index < -0.39 is 6.03 Å². The summed E-state index contributed by atoms with van der Waals surface area (Å²) < 4.78 is 12.9. The maximum Gasteiger partial charge on any atom is 0.324 e. The zero-order valence-electron chi connectivity index (χ0n) is 27.8. The summed E-state index contributed by atoms with van der Waals surface area (Å²) in [5, 5.41) is 13.4. The predicted octanol–water partition coefficient (Wildman–Crippen LogP) is 7.87. The average molecular weight is 696 g/mol. The molecule has 1 aliphatic rings. The van der Waals surface area contributed by atoms with E-state index in [4.69, 9.17) is 37.8 Å². The lowest BCUT2D eigenvalue weighted by molar-refractivity contribution is 0.156. The van der Waals surface area contributed by atoms with Gasteiger partial charge < -0.3 is 24.6 Å². The minimum absolute atomic E-state index is 0.0899. The van der Waals surface area contributed by atoms with Crippen molar-refractivity contribution in [3.63, 3.8) is 0 Å². The first-order chi connectivity index (χ1) is 22.8. The molecule has 4 aromatic rings. The van der Waals surface area contributed by atoms with Gasteiger partial charge in [-0.25, -0.2) is 19.3 Å². The molecule has 1 saturated heterocycles. The highest BCUT2D eigenvalue weighted by atomic mass is 35.5. The van der Waals surface area contributed by atoms with Crippen LogP contribution < -0.4 is 25.4 Å². The van der Waals surface area contributed by atoms with Crippen LogP contribution in [0.5, 0.6) is 17.2 Å². The second-order valence-electron chi connectivity index (χ2n) is 12.7. The van der Waals surface area contributed by atoms with Crippen molar-refractivity contribution in [2.75, 3.05) is 50.2 Å². The third kappa shape index (κ3) is 8.30. The molecular formula is C34H40Cl2N8O4. The van der Waals surface area contributed by atoms with E-state index in [9.17, 15) is 9.59 Å². The normalized spacial score (nSPS) is 13.7. The van der Waals surface area contributed by atoms with Crippen molar-refractivity contribution in [3.05, 3.63) is 76.5 Å². The van der Waals surface area contributed by atoms with Gasteiger partial charge in [-0.15, -0.1) is 0 Å². The standard InChI is InChI=1S/C34H40Cl2N8O4/c1-34(2,3)27-20-29(44(41-27)22-7-9-23(47-6)10-8-22)40-32(45)38-25-11-12-26(31(36)30(25)35)48-24-13-16-37-28(19-24)39-33(46)43-17-14-21(15-18-43)42(4)5/h7-13,16,19-21H,14-15,17-18H2,1-6H3,(H,37,39,46)(H2,38,40,45). The maximum absolute atomic E-state index is 13.2. The van der Waals surface area contributed by atoms with E-state index in [0.717, 1.165) is 24.2 Å². The van der Waals surface area contributed by atoms with Gasteiger partial charge in [0.2, 0.25) is 0 Å². The van der Waals surface area contributed by atoms with E-state index in [-0.39, 0.29) is 32.9 Å². The molecule has 1 fully saturated rings. The molecule has 0 radical (unpaired) electrons. The van der Waals surface area contributed by atoms with Crippen molar-refractivity contribution in [2.24, 2.45) is 0 Å². The number of nitrogens with zero attached hydrogens (tertiary/aromatic N) is 5. The van der Waals surface area contributed by atoms with Crippen LogP contribution in [0.15, 0.2) is 60.8 Å². The number of benzene rings is 2. The molecule has 2 aromatic carbocycles. The molecule has 12 nitrogen and oxygen atoms in total. The van der Waals surface area contributed by atoms with Crippen molar-refractivity contribution in [2.45, 2.75) is 45.1 Å². The van der Waals surface area contributed by atoms with Crippen LogP contribution in [0.2, 0.25) is 10.0 Å². The monoisotopic (exact) mass is 694 g/mol. The number of piperidine rings is 1. The Hall–Kier alpha value is -4.52. The Bertz CT molecular complexity index is 1760. The first-order valence-corrected chi connectivity index (χ1v) is 16.2. The van der Waals surface area contributed by atoms with Gasteiger partial charge in [-0.1, -0.05) is 44.0 Å². The lowest BCUT2D eigenvalue weighted by Crippen LogP contribution is -2.46. The third-order valence-corrected chi connectivity index (χ3v) is 8.87. The summed E-state index contributed by atoms with van der Waals surface area (Å²) in [6.07, 6.45) is 3.35. The molecule has 3 heterocycles. The number of rotatable bonds is 8. The first kappa shape index (κ1) is 34.8. The Kier molecular flexibility index (Phi) is 10.7. The first-order valence-electron chi connectivity index (χ1n) is 15.5. The molecule has 0 atom stereocenters. The number of halogens is 2. The van der Waals surface area contributed by atoms with Crippen LogP contribution in [0, 0.1) is 0 Å². The number of methoxy groups -OCH3 is 1. The lowest BCUT2D eigenvalue weighted by atomic mass is 9.92. The highest BCUT2D eigenvalue weighted by Crippen LogP contribution is 2.40. The Morgan fingerprint density at radius 3 is 2.27 bits per heavy atom. The molecule has 14 heteroatoms. The number of carbonyl (C=O) groups excluding carboxylic acids is 2. The molecule has 4 amide bonds. The zero-order valence-corrected chi connectivity index (χ0v) is 29.3. The van der Waals surface area contributed by atoms with E-state index in [1.807, 2.05) is 51.1 Å². The van der Waals surface area contributed by atoms with Crippen LogP contribution in [-0.4, -0.2) is 77.0 Å². The second-order valence-corrected chi connectivity index (χ2v) is 13.4. The number of hydrogen-bond acceptors (Lipinski definition) is 7. The van der Waals surface area contributed by atoms with Gasteiger partial charge in [-0.2, -0.15) is 5.10 Å². The van der Waals surface area contributed by atoms with Crippen molar-refractivity contribution in [1.29, 1.82) is 0 Å². The number of carbonyl (C=O) groups is 2. The fourth-order valence-electron chi connectivity index (χ4n) is 5.18. The van der Waals surface area contributed by atoms with Crippen LogP contribution >= 0.6 is 23.2 Å². The van der Waals surface area contributed by atoms with Crippen LogP contribution in [-0.2, 0) is 5.41 Å². The van der Waals surface area contributed by atoms with Gasteiger partial charge in [0.1, 0.15) is 33.9 Å². The largest absolute Gasteiger partial charge is 0.497 e. The molecule has 0 spiro atoms. The van der Waals surface area contributed by atoms with E-state index in [1.54, 1.807) is 41.0 Å². The van der Waals surface area contributed by atoms with Crippen LogP contribution in [0.4, 0.5) is 26.9 Å². The highest BCUT2D eigenvalue weighted by molar-refractivity contribution is 6.45. The van der Waals surface area contributed by atoms with Gasteiger partial charge in [0, 0.05) is 42.9 Å². The van der Waals surface area contributed by atoms with Crippen LogP contribution in [0.25, 0.3) is 5.69 Å². The average Bonchev–Trinajstić information content (AvgIpc) is 3.49. The third-order valence-electron chi connectivity index (χ3n) is 8.01. The fraction of sp³-hybridized carbons (Fsp3) is 0.353. The number of ether oxygens (including phenoxy) is 2. The molecular weight excluding hydrogens is 655 g/mol. The summed E-state index contributed by atoms with van der Waals surface area (Å²) in [5.41, 5.74) is 1.55. The van der Waals surface area contributed by atoms with E-state index >= 15 is 0 Å². The lowest BCUT2D eigenvalue weighted by Gasteiger charge is -2.35. The Labute approximate surface area is 290 Å². The van der Waals surface area contributed by atoms with Crippen LogP contribution in [0.3, 0.4) is 0 Å².